The maximum Gasteiger partial charge on any atom is 0.363 e. The first-order valence-corrected chi connectivity index (χ1v) is 5.64. The summed E-state index contributed by atoms with van der Waals surface area (Å²) in [4.78, 5) is 23.5. The van der Waals surface area contributed by atoms with Crippen molar-refractivity contribution in [3.8, 4) is 5.75 Å². The van der Waals surface area contributed by atoms with Crippen LogP contribution in [0.3, 0.4) is 0 Å². The highest BCUT2D eigenvalue weighted by Crippen LogP contribution is 2.20. The number of nitrogens with one attached hydrogen (secondary N) is 1. The van der Waals surface area contributed by atoms with Crippen molar-refractivity contribution in [2.45, 2.75) is 6.92 Å². The number of hydrogen-bond donors (Lipinski definition) is 2. The fourth-order valence-corrected chi connectivity index (χ4v) is 1.91. The van der Waals surface area contributed by atoms with Crippen molar-refractivity contribution in [3.05, 3.63) is 44.6 Å². The Morgan fingerprint density at radius 3 is 2.88 bits per heavy atom. The van der Waals surface area contributed by atoms with Gasteiger partial charge in [0.2, 0.25) is 0 Å². The van der Waals surface area contributed by atoms with E-state index in [2.05, 4.69) is 5.32 Å². The maximum absolute atomic E-state index is 11.7. The number of aryl methyl sites for hydroxylation is 1. The van der Waals surface area contributed by atoms with Gasteiger partial charge in [-0.3, -0.25) is 4.79 Å². The minimum Gasteiger partial charge on any atom is -0.505 e. The molecular weight excluding hydrogens is 242 g/mol. The van der Waals surface area contributed by atoms with E-state index in [0.717, 1.165) is 0 Å². The van der Waals surface area contributed by atoms with Gasteiger partial charge >= 0.3 is 5.63 Å². The molecule has 0 saturated carbocycles. The molecule has 2 rings (SSSR count). The molecule has 0 bridgehead atoms. The van der Waals surface area contributed by atoms with Gasteiger partial charge < -0.3 is 14.8 Å². The lowest BCUT2D eigenvalue weighted by Crippen LogP contribution is -2.17. The molecule has 0 atom stereocenters. The van der Waals surface area contributed by atoms with E-state index >= 15 is 0 Å². The Balaban J connectivity index is 2.31. The number of carbonyl (C=O) groups is 1. The predicted octanol–water partition coefficient (Wildman–Crippen LogP) is 1.97. The molecule has 2 aromatic rings. The first-order chi connectivity index (χ1) is 8.08. The summed E-state index contributed by atoms with van der Waals surface area (Å²) in [6, 6.07) is 4.61. The van der Waals surface area contributed by atoms with Gasteiger partial charge in [-0.1, -0.05) is 6.07 Å². The summed E-state index contributed by atoms with van der Waals surface area (Å²) < 4.78 is 4.78. The van der Waals surface area contributed by atoms with E-state index < -0.39 is 11.5 Å². The molecular formula is C11H9NO4S. The molecule has 2 N–H and O–H groups in total. The summed E-state index contributed by atoms with van der Waals surface area (Å²) in [6.07, 6.45) is 0. The smallest absolute Gasteiger partial charge is 0.363 e. The molecule has 0 saturated heterocycles. The molecule has 5 nitrogen and oxygen atoms in total. The van der Waals surface area contributed by atoms with Crippen molar-refractivity contribution in [1.29, 1.82) is 0 Å². The van der Waals surface area contributed by atoms with Gasteiger partial charge in [0.05, 0.1) is 4.88 Å². The lowest BCUT2D eigenvalue weighted by atomic mass is 10.3. The van der Waals surface area contributed by atoms with Gasteiger partial charge in [0.25, 0.3) is 5.91 Å². The third kappa shape index (κ3) is 2.36. The van der Waals surface area contributed by atoms with E-state index in [1.807, 2.05) is 0 Å². The zero-order valence-corrected chi connectivity index (χ0v) is 9.71. The van der Waals surface area contributed by atoms with E-state index in [0.29, 0.717) is 4.88 Å². The van der Waals surface area contributed by atoms with Crippen molar-refractivity contribution in [2.75, 3.05) is 5.32 Å². The van der Waals surface area contributed by atoms with Crippen LogP contribution in [0.4, 0.5) is 5.69 Å². The van der Waals surface area contributed by atoms with Gasteiger partial charge in [0.1, 0.15) is 11.5 Å². The Morgan fingerprint density at radius 2 is 2.29 bits per heavy atom. The topological polar surface area (TPSA) is 79.5 Å². The maximum atomic E-state index is 11.7. The van der Waals surface area contributed by atoms with Gasteiger partial charge in [-0.25, -0.2) is 4.79 Å². The van der Waals surface area contributed by atoms with Crippen LogP contribution in [0.5, 0.6) is 5.75 Å². The van der Waals surface area contributed by atoms with E-state index in [4.69, 9.17) is 4.42 Å². The average Bonchev–Trinajstić information content (AvgIpc) is 2.76. The van der Waals surface area contributed by atoms with Crippen molar-refractivity contribution >= 4 is 22.9 Å². The first kappa shape index (κ1) is 11.4. The molecule has 0 spiro atoms. The van der Waals surface area contributed by atoms with E-state index in [9.17, 15) is 14.7 Å². The lowest BCUT2D eigenvalue weighted by molar-refractivity contribution is 0.102. The van der Waals surface area contributed by atoms with Crippen molar-refractivity contribution in [3.63, 3.8) is 0 Å². The largest absolute Gasteiger partial charge is 0.505 e. The zero-order chi connectivity index (χ0) is 12.4. The van der Waals surface area contributed by atoms with Gasteiger partial charge in [0.15, 0.2) is 5.69 Å². The molecule has 0 aliphatic carbocycles. The first-order valence-electron chi connectivity index (χ1n) is 4.76. The Morgan fingerprint density at radius 1 is 1.53 bits per heavy atom. The second-order valence-corrected chi connectivity index (χ2v) is 4.28. The van der Waals surface area contributed by atoms with Crippen LogP contribution in [-0.4, -0.2) is 11.0 Å². The third-order valence-corrected chi connectivity index (χ3v) is 2.91. The minimum atomic E-state index is -0.771. The number of carbonyl (C=O) groups excluding carboxylic acids is 1. The van der Waals surface area contributed by atoms with Gasteiger partial charge in [0, 0.05) is 6.07 Å². The predicted molar refractivity (Wildman–Crippen MR) is 63.7 cm³/mol. The Hall–Kier alpha value is -2.08. The molecule has 17 heavy (non-hydrogen) atoms. The van der Waals surface area contributed by atoms with Crippen molar-refractivity contribution in [2.24, 2.45) is 0 Å². The molecule has 0 aliphatic rings. The zero-order valence-electron chi connectivity index (χ0n) is 8.89. The SMILES string of the molecule is Cc1cc(O)c(NC(=O)c2cccs2)c(=O)o1. The molecule has 0 aliphatic heterocycles. The lowest BCUT2D eigenvalue weighted by Gasteiger charge is -2.04. The molecule has 88 valence electrons. The molecule has 0 fully saturated rings. The molecule has 6 heteroatoms. The second kappa shape index (κ2) is 4.42. The monoisotopic (exact) mass is 251 g/mol. The van der Waals surface area contributed by atoms with Crippen LogP contribution >= 0.6 is 11.3 Å². The molecule has 0 aromatic carbocycles. The Bertz CT molecular complexity index is 600. The van der Waals surface area contributed by atoms with E-state index in [-0.39, 0.29) is 17.2 Å². The van der Waals surface area contributed by atoms with Crippen LogP contribution in [0.25, 0.3) is 0 Å². The van der Waals surface area contributed by atoms with Crippen LogP contribution in [-0.2, 0) is 0 Å². The van der Waals surface area contributed by atoms with Crippen LogP contribution < -0.4 is 10.9 Å². The summed E-state index contributed by atoms with van der Waals surface area (Å²) >= 11 is 1.24. The summed E-state index contributed by atoms with van der Waals surface area (Å²) in [5.41, 5.74) is -1.01. The molecule has 2 aromatic heterocycles. The fraction of sp³-hybridized carbons (Fsp3) is 0.0909. The van der Waals surface area contributed by atoms with Gasteiger partial charge in [-0.15, -0.1) is 11.3 Å². The molecule has 1 amide bonds. The number of amides is 1. The highest BCUT2D eigenvalue weighted by atomic mass is 32.1. The number of rotatable bonds is 2. The highest BCUT2D eigenvalue weighted by molar-refractivity contribution is 7.12. The Kier molecular flexibility index (Phi) is 2.97. The van der Waals surface area contributed by atoms with Crippen molar-refractivity contribution < 1.29 is 14.3 Å². The summed E-state index contributed by atoms with van der Waals surface area (Å²) in [7, 11) is 0. The molecule has 0 radical (unpaired) electrons. The summed E-state index contributed by atoms with van der Waals surface area (Å²) in [5.74, 6) is -0.475. The third-order valence-electron chi connectivity index (χ3n) is 2.04. The summed E-state index contributed by atoms with van der Waals surface area (Å²) in [6.45, 7) is 1.53. The quantitative estimate of drug-likeness (QED) is 0.855. The van der Waals surface area contributed by atoms with E-state index in [1.165, 1.54) is 24.3 Å². The fourth-order valence-electron chi connectivity index (χ4n) is 1.29. The second-order valence-electron chi connectivity index (χ2n) is 3.34. The number of aromatic hydroxyl groups is 1. The highest BCUT2D eigenvalue weighted by Gasteiger charge is 2.14. The van der Waals surface area contributed by atoms with Crippen LogP contribution in [0.15, 0.2) is 32.8 Å². The minimum absolute atomic E-state index is 0.242. The normalized spacial score (nSPS) is 10.2. The Labute approximate surface area is 100 Å². The van der Waals surface area contributed by atoms with Crippen LogP contribution in [0, 0.1) is 6.92 Å². The number of anilines is 1. The van der Waals surface area contributed by atoms with Crippen LogP contribution in [0.1, 0.15) is 15.4 Å². The average molecular weight is 251 g/mol. The van der Waals surface area contributed by atoms with Crippen LogP contribution in [0.2, 0.25) is 0 Å². The number of thiophene rings is 1. The van der Waals surface area contributed by atoms with Gasteiger partial charge in [-0.2, -0.15) is 0 Å². The van der Waals surface area contributed by atoms with E-state index in [1.54, 1.807) is 17.5 Å². The molecule has 0 unspecified atom stereocenters. The number of hydrogen-bond acceptors (Lipinski definition) is 5. The van der Waals surface area contributed by atoms with Gasteiger partial charge in [-0.05, 0) is 18.4 Å². The summed E-state index contributed by atoms with van der Waals surface area (Å²) in [5, 5.41) is 13.6. The van der Waals surface area contributed by atoms with Crippen molar-refractivity contribution in [1.82, 2.24) is 0 Å². The standard InChI is InChI=1S/C11H9NO4S/c1-6-5-7(13)9(11(15)16-6)12-10(14)8-3-2-4-17-8/h2-5,13H,1H3,(H,12,14). The molecule has 2 heterocycles.